The molecule has 3 atom stereocenters. The zero-order valence-electron chi connectivity index (χ0n) is 11.2. The Kier molecular flexibility index (Phi) is 4.69. The van der Waals surface area contributed by atoms with Crippen molar-refractivity contribution in [1.29, 1.82) is 0 Å². The molecule has 0 saturated heterocycles. The Morgan fingerprint density at radius 2 is 1.56 bits per heavy atom. The van der Waals surface area contributed by atoms with Crippen LogP contribution in [-0.4, -0.2) is 13.1 Å². The number of nitrogens with one attached hydrogen (secondary N) is 1. The summed E-state index contributed by atoms with van der Waals surface area (Å²) in [6.07, 6.45) is 13.3. The Labute approximate surface area is 101 Å². The molecule has 94 valence electrons. The fourth-order valence-corrected chi connectivity index (χ4v) is 4.01. The van der Waals surface area contributed by atoms with E-state index in [-0.39, 0.29) is 0 Å². The van der Waals surface area contributed by atoms with Crippen LogP contribution in [0.25, 0.3) is 0 Å². The molecule has 0 aliphatic heterocycles. The second-order valence-corrected chi connectivity index (χ2v) is 6.17. The van der Waals surface area contributed by atoms with E-state index in [0.717, 1.165) is 23.8 Å². The maximum atomic E-state index is 3.49. The lowest BCUT2D eigenvalue weighted by Crippen LogP contribution is -2.35. The lowest BCUT2D eigenvalue weighted by molar-refractivity contribution is 0.144. The van der Waals surface area contributed by atoms with E-state index in [1.165, 1.54) is 57.8 Å². The van der Waals surface area contributed by atoms with Crippen LogP contribution in [0.3, 0.4) is 0 Å². The minimum Gasteiger partial charge on any atom is -0.317 e. The average molecular weight is 223 g/mol. The summed E-state index contributed by atoms with van der Waals surface area (Å²) < 4.78 is 0. The van der Waals surface area contributed by atoms with Gasteiger partial charge in [-0.15, -0.1) is 0 Å². The third-order valence-electron chi connectivity index (χ3n) is 5.26. The predicted octanol–water partition coefficient (Wildman–Crippen LogP) is 3.98. The van der Waals surface area contributed by atoms with E-state index in [9.17, 15) is 0 Å². The van der Waals surface area contributed by atoms with Gasteiger partial charge in [-0.3, -0.25) is 0 Å². The summed E-state index contributed by atoms with van der Waals surface area (Å²) in [4.78, 5) is 0. The number of rotatable bonds is 3. The van der Waals surface area contributed by atoms with Crippen molar-refractivity contribution in [2.45, 2.75) is 70.8 Å². The van der Waals surface area contributed by atoms with Crippen molar-refractivity contribution >= 4 is 0 Å². The third-order valence-corrected chi connectivity index (χ3v) is 5.26. The van der Waals surface area contributed by atoms with Gasteiger partial charge in [0.15, 0.2) is 0 Å². The molecule has 2 fully saturated rings. The largest absolute Gasteiger partial charge is 0.317 e. The predicted molar refractivity (Wildman–Crippen MR) is 70.5 cm³/mol. The topological polar surface area (TPSA) is 12.0 Å². The molecule has 2 rings (SSSR count). The zero-order chi connectivity index (χ0) is 11.4. The quantitative estimate of drug-likeness (QED) is 0.763. The van der Waals surface area contributed by atoms with Crippen LogP contribution in [0, 0.1) is 17.8 Å². The second-order valence-electron chi connectivity index (χ2n) is 6.17. The highest BCUT2D eigenvalue weighted by Gasteiger charge is 2.30. The maximum absolute atomic E-state index is 3.49. The van der Waals surface area contributed by atoms with Gasteiger partial charge in [0.1, 0.15) is 0 Å². The van der Waals surface area contributed by atoms with Crippen LogP contribution in [-0.2, 0) is 0 Å². The standard InChI is InChI=1S/C15H29N/c1-12(13-7-4-3-5-8-13)14-9-6-10-15(11-14)16-2/h12-16H,3-11H2,1-2H3/t12-,14?,15?/m1/s1. The molecule has 0 radical (unpaired) electrons. The molecule has 2 saturated carbocycles. The van der Waals surface area contributed by atoms with E-state index >= 15 is 0 Å². The molecule has 0 aromatic carbocycles. The molecule has 1 N–H and O–H groups in total. The van der Waals surface area contributed by atoms with Gasteiger partial charge < -0.3 is 5.32 Å². The van der Waals surface area contributed by atoms with Crippen LogP contribution in [0.4, 0.5) is 0 Å². The summed E-state index contributed by atoms with van der Waals surface area (Å²) in [5.74, 6) is 3.04. The van der Waals surface area contributed by atoms with Gasteiger partial charge in [0, 0.05) is 6.04 Å². The van der Waals surface area contributed by atoms with E-state index in [0.29, 0.717) is 0 Å². The highest BCUT2D eigenvalue weighted by molar-refractivity contribution is 4.83. The van der Waals surface area contributed by atoms with Crippen molar-refractivity contribution in [3.05, 3.63) is 0 Å². The SMILES string of the molecule is CNC1CCCC([C@H](C)C2CCCCC2)C1. The van der Waals surface area contributed by atoms with Crippen LogP contribution in [0.15, 0.2) is 0 Å². The first-order valence-corrected chi connectivity index (χ1v) is 7.48. The zero-order valence-corrected chi connectivity index (χ0v) is 11.2. The lowest BCUT2D eigenvalue weighted by atomic mass is 9.70. The van der Waals surface area contributed by atoms with E-state index in [4.69, 9.17) is 0 Å². The van der Waals surface area contributed by atoms with Crippen LogP contribution in [0.2, 0.25) is 0 Å². The molecule has 0 aromatic heterocycles. The van der Waals surface area contributed by atoms with Gasteiger partial charge in [0.2, 0.25) is 0 Å². The summed E-state index contributed by atoms with van der Waals surface area (Å²) in [5, 5.41) is 3.49. The van der Waals surface area contributed by atoms with Gasteiger partial charge in [0.25, 0.3) is 0 Å². The first-order chi connectivity index (χ1) is 7.81. The summed E-state index contributed by atoms with van der Waals surface area (Å²) >= 11 is 0. The molecule has 0 amide bonds. The van der Waals surface area contributed by atoms with Gasteiger partial charge in [-0.2, -0.15) is 0 Å². The molecule has 0 spiro atoms. The number of hydrogen-bond acceptors (Lipinski definition) is 1. The van der Waals surface area contributed by atoms with Crippen molar-refractivity contribution in [3.8, 4) is 0 Å². The highest BCUT2D eigenvalue weighted by Crippen LogP contribution is 2.39. The fourth-order valence-electron chi connectivity index (χ4n) is 4.01. The van der Waals surface area contributed by atoms with Crippen LogP contribution >= 0.6 is 0 Å². The number of hydrogen-bond donors (Lipinski definition) is 1. The van der Waals surface area contributed by atoms with Crippen molar-refractivity contribution in [1.82, 2.24) is 5.32 Å². The molecular weight excluding hydrogens is 194 g/mol. The van der Waals surface area contributed by atoms with Gasteiger partial charge in [-0.25, -0.2) is 0 Å². The van der Waals surface area contributed by atoms with Crippen molar-refractivity contribution in [2.75, 3.05) is 7.05 Å². The van der Waals surface area contributed by atoms with Crippen LogP contribution in [0.1, 0.15) is 64.7 Å². The smallest absolute Gasteiger partial charge is 0.00668 e. The van der Waals surface area contributed by atoms with Gasteiger partial charge in [-0.05, 0) is 37.6 Å². The fraction of sp³-hybridized carbons (Fsp3) is 1.00. The molecule has 2 aliphatic carbocycles. The molecule has 1 nitrogen and oxygen atoms in total. The van der Waals surface area contributed by atoms with E-state index in [1.807, 2.05) is 0 Å². The third kappa shape index (κ3) is 3.00. The Morgan fingerprint density at radius 1 is 0.875 bits per heavy atom. The normalized spacial score (nSPS) is 34.9. The maximum Gasteiger partial charge on any atom is 0.00668 e. The Morgan fingerprint density at radius 3 is 2.25 bits per heavy atom. The minimum atomic E-state index is 0.810. The van der Waals surface area contributed by atoms with Gasteiger partial charge >= 0.3 is 0 Å². The van der Waals surface area contributed by atoms with Crippen LogP contribution in [0.5, 0.6) is 0 Å². The Hall–Kier alpha value is -0.0400. The summed E-state index contributed by atoms with van der Waals surface area (Å²) in [7, 11) is 2.14. The van der Waals surface area contributed by atoms with Crippen molar-refractivity contribution in [3.63, 3.8) is 0 Å². The Balaban J connectivity index is 1.84. The minimum absolute atomic E-state index is 0.810. The summed E-state index contributed by atoms with van der Waals surface area (Å²) in [6, 6.07) is 0.810. The lowest BCUT2D eigenvalue weighted by Gasteiger charge is -2.38. The van der Waals surface area contributed by atoms with Gasteiger partial charge in [-0.1, -0.05) is 51.9 Å². The molecule has 0 heterocycles. The van der Waals surface area contributed by atoms with E-state index in [1.54, 1.807) is 0 Å². The summed E-state index contributed by atoms with van der Waals surface area (Å²) in [5.41, 5.74) is 0. The van der Waals surface area contributed by atoms with E-state index in [2.05, 4.69) is 19.3 Å². The van der Waals surface area contributed by atoms with E-state index < -0.39 is 0 Å². The Bertz CT molecular complexity index is 196. The first-order valence-electron chi connectivity index (χ1n) is 7.48. The second kappa shape index (κ2) is 6.05. The molecule has 2 unspecified atom stereocenters. The van der Waals surface area contributed by atoms with Crippen molar-refractivity contribution in [2.24, 2.45) is 17.8 Å². The van der Waals surface area contributed by atoms with Gasteiger partial charge in [0.05, 0.1) is 0 Å². The monoisotopic (exact) mass is 223 g/mol. The first kappa shape index (κ1) is 12.4. The highest BCUT2D eigenvalue weighted by atomic mass is 14.9. The van der Waals surface area contributed by atoms with Crippen LogP contribution < -0.4 is 5.32 Å². The molecule has 0 aromatic rings. The molecular formula is C15H29N. The molecule has 0 bridgehead atoms. The molecule has 2 aliphatic rings. The van der Waals surface area contributed by atoms with Crippen molar-refractivity contribution < 1.29 is 0 Å². The molecule has 1 heteroatoms. The molecule has 16 heavy (non-hydrogen) atoms. The summed E-state index contributed by atoms with van der Waals surface area (Å²) in [6.45, 7) is 2.54. The average Bonchev–Trinajstić information content (AvgIpc) is 2.39.